The van der Waals surface area contributed by atoms with Gasteiger partial charge in [0.15, 0.2) is 17.0 Å². The van der Waals surface area contributed by atoms with E-state index in [2.05, 4.69) is 20.5 Å². The number of nitrogens with two attached hydrogens (primary N) is 1. The van der Waals surface area contributed by atoms with Crippen LogP contribution in [0.4, 0.5) is 23.1 Å². The van der Waals surface area contributed by atoms with Crippen LogP contribution >= 0.6 is 0 Å². The molecule has 2 aliphatic heterocycles. The molecule has 3 aromatic rings. The van der Waals surface area contributed by atoms with Crippen molar-refractivity contribution >= 4 is 40.1 Å². The highest BCUT2D eigenvalue weighted by atomic mass is 16.5. The van der Waals surface area contributed by atoms with Crippen molar-refractivity contribution in [1.29, 1.82) is 0 Å². The Kier molecular flexibility index (Phi) is 4.72. The van der Waals surface area contributed by atoms with Gasteiger partial charge in [0.05, 0.1) is 17.6 Å². The van der Waals surface area contributed by atoms with Gasteiger partial charge in [0.25, 0.3) is 5.91 Å². The number of piperidine rings is 1. The molecular formula is C22H26N6O4. The van der Waals surface area contributed by atoms with Gasteiger partial charge in [-0.25, -0.2) is 4.98 Å². The van der Waals surface area contributed by atoms with E-state index in [0.717, 1.165) is 0 Å². The number of nitrogens with one attached hydrogen (secondary N) is 2. The largest absolute Gasteiger partial charge is 0.476 e. The maximum atomic E-state index is 12.2. The summed E-state index contributed by atoms with van der Waals surface area (Å²) in [5, 5.41) is 16.5. The van der Waals surface area contributed by atoms with Crippen molar-refractivity contribution in [2.24, 2.45) is 5.73 Å². The minimum atomic E-state index is -0.920. The Balaban J connectivity index is 1.43. The second-order valence-electron chi connectivity index (χ2n) is 8.82. The molecule has 0 unspecified atom stereocenters. The molecule has 2 aromatic heterocycles. The van der Waals surface area contributed by atoms with Crippen LogP contribution in [0.5, 0.6) is 5.75 Å². The van der Waals surface area contributed by atoms with Gasteiger partial charge in [-0.05, 0) is 44.9 Å². The van der Waals surface area contributed by atoms with E-state index in [4.69, 9.17) is 19.9 Å². The van der Waals surface area contributed by atoms with Crippen molar-refractivity contribution in [1.82, 2.24) is 9.97 Å². The summed E-state index contributed by atoms with van der Waals surface area (Å²) in [6.07, 6.45) is 2.69. The molecule has 1 amide bonds. The van der Waals surface area contributed by atoms with Crippen molar-refractivity contribution in [2.45, 2.75) is 37.9 Å². The smallest absolute Gasteiger partial charge is 0.268 e. The summed E-state index contributed by atoms with van der Waals surface area (Å²) < 4.78 is 11.4. The molecule has 0 bridgehead atoms. The zero-order valence-corrected chi connectivity index (χ0v) is 18.0. The zero-order valence-electron chi connectivity index (χ0n) is 18.0. The molecule has 1 saturated heterocycles. The minimum Gasteiger partial charge on any atom is -0.476 e. The summed E-state index contributed by atoms with van der Waals surface area (Å²) in [5.74, 6) is 1.46. The fraction of sp³-hybridized carbons (Fsp3) is 0.409. The Hall–Kier alpha value is -3.37. The van der Waals surface area contributed by atoms with Crippen molar-refractivity contribution in [2.75, 3.05) is 35.2 Å². The van der Waals surface area contributed by atoms with Crippen LogP contribution < -0.4 is 26.0 Å². The van der Waals surface area contributed by atoms with Crippen LogP contribution in [0.2, 0.25) is 0 Å². The van der Waals surface area contributed by atoms with Crippen LogP contribution in [0.1, 0.15) is 26.7 Å². The number of carbonyl (C=O) groups is 1. The lowest BCUT2D eigenvalue weighted by molar-refractivity contribution is -0.129. The summed E-state index contributed by atoms with van der Waals surface area (Å²) in [5.41, 5.74) is 6.53. The van der Waals surface area contributed by atoms with E-state index < -0.39 is 11.2 Å². The third-order valence-electron chi connectivity index (χ3n) is 6.06. The van der Waals surface area contributed by atoms with Gasteiger partial charge >= 0.3 is 0 Å². The number of benzene rings is 1. The first kappa shape index (κ1) is 20.5. The Morgan fingerprint density at radius 1 is 1.25 bits per heavy atom. The molecule has 10 heteroatoms. The van der Waals surface area contributed by atoms with Gasteiger partial charge in [0, 0.05) is 31.4 Å². The molecule has 1 aromatic carbocycles. The number of aromatic nitrogens is 2. The molecule has 1 fully saturated rings. The third kappa shape index (κ3) is 3.61. The van der Waals surface area contributed by atoms with E-state index in [0.29, 0.717) is 65.9 Å². The fourth-order valence-electron chi connectivity index (χ4n) is 3.97. The molecule has 0 spiro atoms. The molecule has 0 saturated carbocycles. The molecule has 168 valence electrons. The first-order valence-corrected chi connectivity index (χ1v) is 10.6. The number of amides is 1. The molecule has 32 heavy (non-hydrogen) atoms. The first-order chi connectivity index (χ1) is 15.3. The number of anilines is 4. The van der Waals surface area contributed by atoms with Gasteiger partial charge in [-0.1, -0.05) is 0 Å². The maximum absolute atomic E-state index is 12.2. The number of rotatable bonds is 4. The second kappa shape index (κ2) is 7.35. The predicted octanol–water partition coefficient (Wildman–Crippen LogP) is 2.37. The zero-order chi connectivity index (χ0) is 22.5. The van der Waals surface area contributed by atoms with E-state index in [1.54, 1.807) is 38.3 Å². The van der Waals surface area contributed by atoms with Crippen LogP contribution in [0.25, 0.3) is 11.1 Å². The van der Waals surface area contributed by atoms with E-state index in [1.807, 2.05) is 6.07 Å². The molecule has 5 rings (SSSR count). The van der Waals surface area contributed by atoms with Crippen LogP contribution in [0, 0.1) is 0 Å². The molecule has 0 radical (unpaired) electrons. The van der Waals surface area contributed by atoms with Crippen molar-refractivity contribution in [3.05, 3.63) is 30.5 Å². The lowest BCUT2D eigenvalue weighted by Crippen LogP contribution is -2.49. The maximum Gasteiger partial charge on any atom is 0.268 e. The quantitative estimate of drug-likeness (QED) is 0.483. The predicted molar refractivity (Wildman–Crippen MR) is 120 cm³/mol. The van der Waals surface area contributed by atoms with Crippen LogP contribution in [0.3, 0.4) is 0 Å². The molecule has 5 N–H and O–H groups in total. The van der Waals surface area contributed by atoms with Gasteiger partial charge in [-0.15, -0.1) is 0 Å². The number of hydrogen-bond acceptors (Lipinski definition) is 9. The summed E-state index contributed by atoms with van der Waals surface area (Å²) in [4.78, 5) is 23.5. The normalized spacial score (nSPS) is 19.2. The average Bonchev–Trinajstić information content (AvgIpc) is 3.23. The number of ether oxygens (including phenoxy) is 1. The highest BCUT2D eigenvalue weighted by molar-refractivity contribution is 6.00. The molecule has 2 aliphatic rings. The Labute approximate surface area is 184 Å². The Bertz CT molecular complexity index is 1180. The van der Waals surface area contributed by atoms with Crippen molar-refractivity contribution in [3.8, 4) is 5.75 Å². The van der Waals surface area contributed by atoms with Gasteiger partial charge < -0.3 is 35.5 Å². The first-order valence-electron chi connectivity index (χ1n) is 10.6. The number of nitrogens with zero attached hydrogens (tertiary/aromatic N) is 3. The molecule has 4 heterocycles. The fourth-order valence-corrected chi connectivity index (χ4v) is 3.97. The monoisotopic (exact) mass is 438 g/mol. The van der Waals surface area contributed by atoms with E-state index in [1.165, 1.54) is 0 Å². The number of carbonyl (C=O) groups excluding carboxylic acids is 1. The van der Waals surface area contributed by atoms with Crippen LogP contribution in [-0.4, -0.2) is 51.8 Å². The van der Waals surface area contributed by atoms with Crippen LogP contribution in [0.15, 0.2) is 34.9 Å². The van der Waals surface area contributed by atoms with Crippen molar-refractivity contribution < 1.29 is 19.1 Å². The topological polar surface area (TPSA) is 139 Å². The summed E-state index contributed by atoms with van der Waals surface area (Å²) in [6, 6.07) is 7.22. The Morgan fingerprint density at radius 3 is 2.78 bits per heavy atom. The average molecular weight is 438 g/mol. The van der Waals surface area contributed by atoms with E-state index in [9.17, 15) is 9.90 Å². The van der Waals surface area contributed by atoms with Crippen molar-refractivity contribution in [3.63, 3.8) is 0 Å². The standard InChI is InChI=1S/C22H26N6O4/c1-21(2)19(29)25-15-11-13(3-4-16(15)32-21)24-20-26-14-5-10-31-17(14)18(27-20)28-8-6-22(30,12-23)7-9-28/h3-5,10-11,30H,6-9,12,23H2,1-2H3,(H,25,29)(H,24,26,27). The third-order valence-corrected chi connectivity index (χ3v) is 6.06. The van der Waals surface area contributed by atoms with Gasteiger partial charge in [-0.3, -0.25) is 4.79 Å². The summed E-state index contributed by atoms with van der Waals surface area (Å²) in [6.45, 7) is 4.91. The molecular weight excluding hydrogens is 412 g/mol. The number of aliphatic hydroxyl groups is 1. The van der Waals surface area contributed by atoms with E-state index in [-0.39, 0.29) is 12.5 Å². The molecule has 0 aliphatic carbocycles. The lowest BCUT2D eigenvalue weighted by Gasteiger charge is -2.37. The molecule has 10 nitrogen and oxygen atoms in total. The summed E-state index contributed by atoms with van der Waals surface area (Å²) in [7, 11) is 0. The summed E-state index contributed by atoms with van der Waals surface area (Å²) >= 11 is 0. The van der Waals surface area contributed by atoms with Gasteiger partial charge in [0.2, 0.25) is 5.95 Å². The van der Waals surface area contributed by atoms with Gasteiger partial charge in [0.1, 0.15) is 11.3 Å². The highest BCUT2D eigenvalue weighted by Crippen LogP contribution is 2.36. The van der Waals surface area contributed by atoms with E-state index >= 15 is 0 Å². The number of hydrogen-bond donors (Lipinski definition) is 4. The van der Waals surface area contributed by atoms with Crippen LogP contribution in [-0.2, 0) is 4.79 Å². The van der Waals surface area contributed by atoms with Gasteiger partial charge in [-0.2, -0.15) is 4.98 Å². The number of fused-ring (bicyclic) bond motifs is 2. The Morgan fingerprint density at radius 2 is 2.03 bits per heavy atom. The minimum absolute atomic E-state index is 0.206. The SMILES string of the molecule is CC1(C)Oc2ccc(Nc3nc(N4CCC(O)(CN)CC4)c4occc4n3)cc2NC1=O. The number of furan rings is 1. The lowest BCUT2D eigenvalue weighted by atomic mass is 9.92. The second-order valence-corrected chi connectivity index (χ2v) is 8.82. The highest BCUT2D eigenvalue weighted by Gasteiger charge is 2.35. The molecule has 0 atom stereocenters.